The molecule has 0 radical (unpaired) electrons. The molecule has 2 N–H and O–H groups in total. The van der Waals surface area contributed by atoms with E-state index in [1.807, 2.05) is 0 Å². The predicted octanol–water partition coefficient (Wildman–Crippen LogP) is 3.46. The SMILES string of the molecule is COC(=O)c1cnc(Oc2ccc(N)c(-c3ccc4c(c3)N(C)S(=O)(=O)N4CC3CC3(F)F)c2)cn1. The van der Waals surface area contributed by atoms with Crippen LogP contribution in [0.1, 0.15) is 16.9 Å². The zero-order chi connectivity index (χ0) is 25.8. The quantitative estimate of drug-likeness (QED) is 0.389. The van der Waals surface area contributed by atoms with Crippen LogP contribution in [0.15, 0.2) is 48.8 Å². The average molecular weight is 518 g/mol. The van der Waals surface area contributed by atoms with E-state index in [4.69, 9.17) is 10.5 Å². The third kappa shape index (κ3) is 4.04. The highest BCUT2D eigenvalue weighted by atomic mass is 32.2. The molecule has 0 spiro atoms. The van der Waals surface area contributed by atoms with Crippen molar-refractivity contribution in [1.82, 2.24) is 9.97 Å². The smallest absolute Gasteiger partial charge is 0.358 e. The van der Waals surface area contributed by atoms with E-state index in [9.17, 15) is 22.0 Å². The highest BCUT2D eigenvalue weighted by Crippen LogP contribution is 2.52. The first-order valence-electron chi connectivity index (χ1n) is 10.8. The summed E-state index contributed by atoms with van der Waals surface area (Å²) in [5, 5.41) is 0. The van der Waals surface area contributed by atoms with E-state index in [2.05, 4.69) is 14.7 Å². The van der Waals surface area contributed by atoms with E-state index in [-0.39, 0.29) is 24.5 Å². The molecule has 0 bridgehead atoms. The van der Waals surface area contributed by atoms with Gasteiger partial charge in [0.05, 0.1) is 30.9 Å². The number of nitrogens with two attached hydrogens (primary N) is 1. The van der Waals surface area contributed by atoms with Gasteiger partial charge in [-0.05, 0) is 35.9 Å². The lowest BCUT2D eigenvalue weighted by Gasteiger charge is -2.18. The van der Waals surface area contributed by atoms with E-state index in [0.29, 0.717) is 33.9 Å². The van der Waals surface area contributed by atoms with Crippen molar-refractivity contribution >= 4 is 33.2 Å². The standard InChI is InChI=1S/C23H21F2N5O5S/c1-29-20-7-13(3-6-19(20)30(36(29,32)33)12-14-9-23(14,24)25)16-8-15(4-5-17(16)26)35-21-11-27-18(10-28-21)22(31)34-2/h3-8,10-11,14H,9,12,26H2,1-2H3. The molecule has 1 aliphatic heterocycles. The third-order valence-electron chi connectivity index (χ3n) is 6.13. The van der Waals surface area contributed by atoms with Gasteiger partial charge < -0.3 is 15.2 Å². The van der Waals surface area contributed by atoms with Crippen LogP contribution < -0.4 is 19.1 Å². The van der Waals surface area contributed by atoms with Crippen molar-refractivity contribution in [2.24, 2.45) is 5.92 Å². The molecule has 0 saturated heterocycles. The van der Waals surface area contributed by atoms with Gasteiger partial charge in [-0.15, -0.1) is 0 Å². The van der Waals surface area contributed by atoms with Crippen LogP contribution in [0.25, 0.3) is 11.1 Å². The maximum Gasteiger partial charge on any atom is 0.358 e. The summed E-state index contributed by atoms with van der Waals surface area (Å²) in [7, 11) is -1.36. The summed E-state index contributed by atoms with van der Waals surface area (Å²) in [5.41, 5.74) is 8.47. The topological polar surface area (TPSA) is 128 Å². The minimum absolute atomic E-state index is 0.0273. The molecule has 5 rings (SSSR count). The van der Waals surface area contributed by atoms with Crippen molar-refractivity contribution in [2.75, 3.05) is 35.0 Å². The summed E-state index contributed by atoms with van der Waals surface area (Å²) in [4.78, 5) is 19.5. The minimum Gasteiger partial charge on any atom is -0.464 e. The highest BCUT2D eigenvalue weighted by Gasteiger charge is 2.59. The number of aromatic nitrogens is 2. The average Bonchev–Trinajstić information content (AvgIpc) is 3.42. The lowest BCUT2D eigenvalue weighted by atomic mass is 10.0. The summed E-state index contributed by atoms with van der Waals surface area (Å²) in [6, 6.07) is 9.78. The minimum atomic E-state index is -3.97. The lowest BCUT2D eigenvalue weighted by Crippen LogP contribution is -2.37. The number of halogens is 2. The maximum atomic E-state index is 13.5. The molecule has 2 heterocycles. The number of hydrogen-bond acceptors (Lipinski definition) is 8. The Kier molecular flexibility index (Phi) is 5.47. The summed E-state index contributed by atoms with van der Waals surface area (Å²) < 4.78 is 65.2. The number of esters is 1. The molecule has 13 heteroatoms. The maximum absolute atomic E-state index is 13.5. The normalized spacial score (nSPS) is 19.1. The lowest BCUT2D eigenvalue weighted by molar-refractivity contribution is 0.0593. The predicted molar refractivity (Wildman–Crippen MR) is 127 cm³/mol. The number of carbonyl (C=O) groups excluding carboxylic acids is 1. The van der Waals surface area contributed by atoms with Crippen LogP contribution in [-0.2, 0) is 14.9 Å². The summed E-state index contributed by atoms with van der Waals surface area (Å²) >= 11 is 0. The van der Waals surface area contributed by atoms with Crippen LogP contribution in [0.3, 0.4) is 0 Å². The summed E-state index contributed by atoms with van der Waals surface area (Å²) in [6.07, 6.45) is 2.17. The molecule has 1 fully saturated rings. The number of anilines is 3. The molecule has 3 aromatic rings. The van der Waals surface area contributed by atoms with Crippen molar-refractivity contribution in [3.63, 3.8) is 0 Å². The Bertz CT molecular complexity index is 1470. The largest absolute Gasteiger partial charge is 0.464 e. The van der Waals surface area contributed by atoms with Crippen LogP contribution in [0.4, 0.5) is 25.8 Å². The fraction of sp³-hybridized carbons (Fsp3) is 0.261. The monoisotopic (exact) mass is 517 g/mol. The molecule has 1 aliphatic carbocycles. The third-order valence-corrected chi connectivity index (χ3v) is 7.92. The van der Waals surface area contributed by atoms with Crippen molar-refractivity contribution in [3.05, 3.63) is 54.5 Å². The molecule has 10 nitrogen and oxygen atoms in total. The fourth-order valence-electron chi connectivity index (χ4n) is 3.96. The Morgan fingerprint density at radius 1 is 1.17 bits per heavy atom. The molecule has 1 saturated carbocycles. The first-order valence-corrected chi connectivity index (χ1v) is 12.2. The Morgan fingerprint density at radius 2 is 1.92 bits per heavy atom. The van der Waals surface area contributed by atoms with Gasteiger partial charge in [0.1, 0.15) is 5.75 Å². The number of methoxy groups -OCH3 is 1. The van der Waals surface area contributed by atoms with Crippen LogP contribution in [0.5, 0.6) is 11.6 Å². The molecule has 36 heavy (non-hydrogen) atoms. The molecule has 2 aliphatic rings. The molecular weight excluding hydrogens is 496 g/mol. The Labute approximate surface area is 205 Å². The summed E-state index contributed by atoms with van der Waals surface area (Å²) in [5.74, 6) is -3.96. The molecule has 188 valence electrons. The second-order valence-electron chi connectivity index (χ2n) is 8.45. The van der Waals surface area contributed by atoms with Crippen molar-refractivity contribution in [1.29, 1.82) is 0 Å². The van der Waals surface area contributed by atoms with Gasteiger partial charge in [0.25, 0.3) is 5.92 Å². The zero-order valence-corrected chi connectivity index (χ0v) is 20.0. The van der Waals surface area contributed by atoms with Crippen LogP contribution in [-0.4, -0.2) is 51.0 Å². The van der Waals surface area contributed by atoms with Gasteiger partial charge in [-0.1, -0.05) is 6.07 Å². The van der Waals surface area contributed by atoms with Crippen LogP contribution >= 0.6 is 0 Å². The molecule has 1 unspecified atom stereocenters. The van der Waals surface area contributed by atoms with Crippen LogP contribution in [0.2, 0.25) is 0 Å². The van der Waals surface area contributed by atoms with E-state index in [1.165, 1.54) is 26.6 Å². The summed E-state index contributed by atoms with van der Waals surface area (Å²) in [6.45, 7) is -0.284. The second kappa shape index (κ2) is 8.29. The molecule has 1 atom stereocenters. The Balaban J connectivity index is 1.43. The van der Waals surface area contributed by atoms with Crippen molar-refractivity contribution in [2.45, 2.75) is 12.3 Å². The Hall–Kier alpha value is -4.00. The van der Waals surface area contributed by atoms with E-state index in [1.54, 1.807) is 36.4 Å². The fourth-order valence-corrected chi connectivity index (χ4v) is 5.42. The number of carbonyl (C=O) groups is 1. The number of hydrogen-bond donors (Lipinski definition) is 1. The number of alkyl halides is 2. The van der Waals surface area contributed by atoms with E-state index < -0.39 is 28.0 Å². The zero-order valence-electron chi connectivity index (χ0n) is 19.2. The number of rotatable bonds is 6. The molecule has 2 aromatic carbocycles. The van der Waals surface area contributed by atoms with Gasteiger partial charge in [-0.2, -0.15) is 8.42 Å². The number of ether oxygens (including phenoxy) is 2. The van der Waals surface area contributed by atoms with Crippen LogP contribution in [0, 0.1) is 5.92 Å². The molecule has 1 aromatic heterocycles. The number of fused-ring (bicyclic) bond motifs is 1. The van der Waals surface area contributed by atoms with Gasteiger partial charge in [0.2, 0.25) is 5.88 Å². The van der Waals surface area contributed by atoms with E-state index >= 15 is 0 Å². The van der Waals surface area contributed by atoms with Crippen molar-refractivity contribution in [3.8, 4) is 22.8 Å². The van der Waals surface area contributed by atoms with Gasteiger partial charge in [-0.25, -0.2) is 23.5 Å². The Morgan fingerprint density at radius 3 is 2.56 bits per heavy atom. The molecule has 0 amide bonds. The van der Waals surface area contributed by atoms with Gasteiger partial charge in [0.15, 0.2) is 5.69 Å². The second-order valence-corrected chi connectivity index (χ2v) is 10.3. The number of benzene rings is 2. The van der Waals surface area contributed by atoms with Gasteiger partial charge in [0, 0.05) is 37.2 Å². The highest BCUT2D eigenvalue weighted by molar-refractivity contribution is 7.94. The first-order chi connectivity index (χ1) is 17.0. The van der Waals surface area contributed by atoms with Gasteiger partial charge >= 0.3 is 16.2 Å². The van der Waals surface area contributed by atoms with Gasteiger partial charge in [-0.3, -0.25) is 8.61 Å². The molecular formula is C23H21F2N5O5S. The number of nitrogen functional groups attached to an aromatic ring is 1. The van der Waals surface area contributed by atoms with Crippen molar-refractivity contribution < 1.29 is 31.5 Å². The number of nitrogens with zero attached hydrogens (tertiary/aromatic N) is 4. The first kappa shape index (κ1) is 23.7. The van der Waals surface area contributed by atoms with E-state index in [0.717, 1.165) is 8.61 Å².